The minimum absolute atomic E-state index is 0.0114. The highest BCUT2D eigenvalue weighted by Crippen LogP contribution is 2.42. The molecule has 0 bridgehead atoms. The second-order valence-electron chi connectivity index (χ2n) is 7.86. The fourth-order valence-electron chi connectivity index (χ4n) is 3.92. The van der Waals surface area contributed by atoms with Crippen LogP contribution < -0.4 is 5.32 Å². The Morgan fingerprint density at radius 2 is 1.67 bits per heavy atom. The highest BCUT2D eigenvalue weighted by atomic mass is 16.5. The molecule has 1 aliphatic carbocycles. The summed E-state index contributed by atoms with van der Waals surface area (Å²) in [6.45, 7) is 13.6. The number of hydrogen-bond acceptors (Lipinski definition) is 2. The lowest BCUT2D eigenvalue weighted by atomic mass is 9.67. The van der Waals surface area contributed by atoms with Crippen LogP contribution in [0.1, 0.15) is 60.3 Å². The number of morpholine rings is 1. The summed E-state index contributed by atoms with van der Waals surface area (Å²) in [5.41, 5.74) is 0.495. The molecule has 18 heavy (non-hydrogen) atoms. The minimum Gasteiger partial charge on any atom is -0.373 e. The van der Waals surface area contributed by atoms with Gasteiger partial charge in [0.15, 0.2) is 0 Å². The van der Waals surface area contributed by atoms with E-state index in [0.29, 0.717) is 11.5 Å². The molecule has 106 valence electrons. The molecule has 2 heteroatoms. The lowest BCUT2D eigenvalue weighted by Crippen LogP contribution is -2.58. The Balaban J connectivity index is 1.93. The zero-order valence-electron chi connectivity index (χ0n) is 12.9. The third kappa shape index (κ3) is 3.08. The fourth-order valence-corrected chi connectivity index (χ4v) is 3.92. The Labute approximate surface area is 113 Å². The van der Waals surface area contributed by atoms with Crippen LogP contribution in [0.4, 0.5) is 0 Å². The van der Waals surface area contributed by atoms with Crippen LogP contribution in [0.5, 0.6) is 0 Å². The Morgan fingerprint density at radius 3 is 2.17 bits per heavy atom. The van der Waals surface area contributed by atoms with Gasteiger partial charge >= 0.3 is 0 Å². The molecule has 1 heterocycles. The molecule has 1 saturated carbocycles. The maximum Gasteiger partial charge on any atom is 0.0782 e. The van der Waals surface area contributed by atoms with Crippen LogP contribution in [0.3, 0.4) is 0 Å². The highest BCUT2D eigenvalue weighted by molar-refractivity contribution is 4.95. The van der Waals surface area contributed by atoms with E-state index < -0.39 is 0 Å². The first kappa shape index (κ1) is 14.3. The van der Waals surface area contributed by atoms with Crippen molar-refractivity contribution in [3.8, 4) is 0 Å². The number of ether oxygens (including phenoxy) is 1. The van der Waals surface area contributed by atoms with Gasteiger partial charge in [-0.05, 0) is 56.8 Å². The molecule has 1 unspecified atom stereocenters. The second kappa shape index (κ2) is 5.13. The summed E-state index contributed by atoms with van der Waals surface area (Å²) >= 11 is 0. The molecule has 1 N–H and O–H groups in total. The third-order valence-corrected chi connectivity index (χ3v) is 5.16. The normalized spacial score (nSPS) is 37.5. The Hall–Kier alpha value is -0.0800. The molecule has 2 rings (SSSR count). The summed E-state index contributed by atoms with van der Waals surface area (Å²) < 4.78 is 5.96. The molecule has 1 aliphatic heterocycles. The van der Waals surface area contributed by atoms with E-state index in [1.807, 2.05) is 0 Å². The first-order chi connectivity index (χ1) is 8.31. The molecule has 0 aromatic carbocycles. The first-order valence-electron chi connectivity index (χ1n) is 7.68. The van der Waals surface area contributed by atoms with Gasteiger partial charge in [0.2, 0.25) is 0 Å². The van der Waals surface area contributed by atoms with Crippen LogP contribution in [0.25, 0.3) is 0 Å². The van der Waals surface area contributed by atoms with Gasteiger partial charge in [-0.25, -0.2) is 0 Å². The van der Waals surface area contributed by atoms with Crippen LogP contribution in [0.15, 0.2) is 0 Å². The van der Waals surface area contributed by atoms with Crippen LogP contribution in [0, 0.1) is 17.3 Å². The van der Waals surface area contributed by atoms with Crippen molar-refractivity contribution in [2.45, 2.75) is 71.9 Å². The third-order valence-electron chi connectivity index (χ3n) is 5.16. The smallest absolute Gasteiger partial charge is 0.0782 e. The van der Waals surface area contributed by atoms with E-state index in [1.54, 1.807) is 0 Å². The standard InChI is InChI=1S/C16H31NO/c1-15(2,3)13-8-6-12(7-9-13)14-16(4,5)18-11-10-17-14/h12-14,17H,6-11H2,1-5H3. The average Bonchev–Trinajstić information content (AvgIpc) is 2.27. The van der Waals surface area contributed by atoms with Crippen molar-refractivity contribution in [1.29, 1.82) is 0 Å². The minimum atomic E-state index is 0.0114. The zero-order valence-corrected chi connectivity index (χ0v) is 12.9. The molecule has 2 nitrogen and oxygen atoms in total. The van der Waals surface area contributed by atoms with E-state index in [1.165, 1.54) is 25.7 Å². The summed E-state index contributed by atoms with van der Waals surface area (Å²) in [7, 11) is 0. The summed E-state index contributed by atoms with van der Waals surface area (Å²) in [5.74, 6) is 1.71. The van der Waals surface area contributed by atoms with E-state index in [2.05, 4.69) is 39.9 Å². The van der Waals surface area contributed by atoms with Crippen LogP contribution in [0.2, 0.25) is 0 Å². The molecule has 2 fully saturated rings. The molecule has 0 amide bonds. The van der Waals surface area contributed by atoms with Gasteiger partial charge in [-0.3, -0.25) is 0 Å². The molecule has 1 saturated heterocycles. The van der Waals surface area contributed by atoms with Gasteiger partial charge in [-0.2, -0.15) is 0 Å². The van der Waals surface area contributed by atoms with Crippen LogP contribution in [-0.4, -0.2) is 24.8 Å². The first-order valence-corrected chi connectivity index (χ1v) is 7.68. The lowest BCUT2D eigenvalue weighted by molar-refractivity contribution is -0.0921. The maximum absolute atomic E-state index is 5.96. The van der Waals surface area contributed by atoms with Crippen molar-refractivity contribution in [2.24, 2.45) is 17.3 Å². The Bertz CT molecular complexity index is 271. The van der Waals surface area contributed by atoms with Crippen molar-refractivity contribution in [2.75, 3.05) is 13.2 Å². The predicted molar refractivity (Wildman–Crippen MR) is 76.7 cm³/mol. The van der Waals surface area contributed by atoms with Crippen LogP contribution >= 0.6 is 0 Å². The quantitative estimate of drug-likeness (QED) is 0.771. The molecule has 1 atom stereocenters. The van der Waals surface area contributed by atoms with Gasteiger partial charge in [0.25, 0.3) is 0 Å². The summed E-state index contributed by atoms with van der Waals surface area (Å²) in [4.78, 5) is 0. The highest BCUT2D eigenvalue weighted by Gasteiger charge is 2.41. The Kier molecular flexibility index (Phi) is 4.08. The molecule has 2 aliphatic rings. The summed E-state index contributed by atoms with van der Waals surface area (Å²) in [5, 5.41) is 3.71. The van der Waals surface area contributed by atoms with Gasteiger partial charge < -0.3 is 10.1 Å². The predicted octanol–water partition coefficient (Wildman–Crippen LogP) is 3.61. The monoisotopic (exact) mass is 253 g/mol. The van der Waals surface area contributed by atoms with E-state index in [-0.39, 0.29) is 5.60 Å². The topological polar surface area (TPSA) is 21.3 Å². The lowest BCUT2D eigenvalue weighted by Gasteiger charge is -2.47. The molecule has 0 aromatic heterocycles. The van der Waals surface area contributed by atoms with Crippen molar-refractivity contribution in [3.63, 3.8) is 0 Å². The largest absolute Gasteiger partial charge is 0.373 e. The second-order valence-corrected chi connectivity index (χ2v) is 7.86. The number of nitrogens with one attached hydrogen (secondary N) is 1. The van der Waals surface area contributed by atoms with Crippen molar-refractivity contribution in [3.05, 3.63) is 0 Å². The van der Waals surface area contributed by atoms with Gasteiger partial charge in [0.1, 0.15) is 0 Å². The molecule has 0 radical (unpaired) electrons. The molecular weight excluding hydrogens is 222 g/mol. The maximum atomic E-state index is 5.96. The van der Waals surface area contributed by atoms with Crippen molar-refractivity contribution < 1.29 is 4.74 Å². The van der Waals surface area contributed by atoms with E-state index in [9.17, 15) is 0 Å². The van der Waals surface area contributed by atoms with Crippen molar-refractivity contribution in [1.82, 2.24) is 5.32 Å². The van der Waals surface area contributed by atoms with E-state index in [0.717, 1.165) is 25.0 Å². The summed E-state index contributed by atoms with van der Waals surface area (Å²) in [6, 6.07) is 0.548. The van der Waals surface area contributed by atoms with E-state index >= 15 is 0 Å². The zero-order chi connectivity index (χ0) is 13.4. The summed E-state index contributed by atoms with van der Waals surface area (Å²) in [6.07, 6.45) is 5.52. The van der Waals surface area contributed by atoms with Crippen LogP contribution in [-0.2, 0) is 4.74 Å². The van der Waals surface area contributed by atoms with Gasteiger partial charge in [0.05, 0.1) is 12.2 Å². The fraction of sp³-hybridized carbons (Fsp3) is 1.00. The van der Waals surface area contributed by atoms with Crippen molar-refractivity contribution >= 4 is 0 Å². The van der Waals surface area contributed by atoms with E-state index in [4.69, 9.17) is 4.74 Å². The SMILES string of the molecule is CC(C)(C)C1CCC(C2NCCOC2(C)C)CC1. The van der Waals surface area contributed by atoms with Gasteiger partial charge in [-0.15, -0.1) is 0 Å². The molecule has 0 aromatic rings. The Morgan fingerprint density at radius 1 is 1.06 bits per heavy atom. The number of hydrogen-bond donors (Lipinski definition) is 1. The van der Waals surface area contributed by atoms with Gasteiger partial charge in [0, 0.05) is 12.6 Å². The van der Waals surface area contributed by atoms with Gasteiger partial charge in [-0.1, -0.05) is 20.8 Å². The molecule has 0 spiro atoms. The number of rotatable bonds is 1. The molecular formula is C16H31NO. The average molecular weight is 253 g/mol.